The standard InChI is InChI=1S/C16H15ClO4/c17-13-6-8-14(9-7-13)20-11-15(10-18)21-16(19)12-4-2-1-3-5-12/h1-9,15,18H,10-11H2. The molecule has 0 amide bonds. The van der Waals surface area contributed by atoms with E-state index >= 15 is 0 Å². The Morgan fingerprint density at radius 2 is 1.76 bits per heavy atom. The summed E-state index contributed by atoms with van der Waals surface area (Å²) in [6.45, 7) is -0.247. The summed E-state index contributed by atoms with van der Waals surface area (Å²) in [5.41, 5.74) is 0.433. The summed E-state index contributed by atoms with van der Waals surface area (Å²) >= 11 is 5.77. The number of halogens is 1. The van der Waals surface area contributed by atoms with Gasteiger partial charge in [0.05, 0.1) is 12.2 Å². The van der Waals surface area contributed by atoms with Gasteiger partial charge in [-0.05, 0) is 36.4 Å². The van der Waals surface area contributed by atoms with Crippen LogP contribution >= 0.6 is 11.6 Å². The zero-order chi connectivity index (χ0) is 15.1. The molecule has 2 rings (SSSR count). The molecule has 21 heavy (non-hydrogen) atoms. The van der Waals surface area contributed by atoms with E-state index in [-0.39, 0.29) is 13.2 Å². The Hall–Kier alpha value is -2.04. The predicted octanol–water partition coefficient (Wildman–Crippen LogP) is 2.94. The monoisotopic (exact) mass is 306 g/mol. The highest BCUT2D eigenvalue weighted by Crippen LogP contribution is 2.16. The molecule has 1 atom stereocenters. The van der Waals surface area contributed by atoms with Gasteiger partial charge in [-0.2, -0.15) is 0 Å². The highest BCUT2D eigenvalue weighted by molar-refractivity contribution is 6.30. The van der Waals surface area contributed by atoms with Crippen molar-refractivity contribution < 1.29 is 19.4 Å². The summed E-state index contributed by atoms with van der Waals surface area (Å²) in [4.78, 5) is 11.9. The fraction of sp³-hybridized carbons (Fsp3) is 0.188. The normalized spacial score (nSPS) is 11.7. The molecule has 0 aliphatic heterocycles. The first-order valence-electron chi connectivity index (χ1n) is 6.44. The molecule has 0 fully saturated rings. The van der Waals surface area contributed by atoms with Crippen LogP contribution in [0.1, 0.15) is 10.4 Å². The minimum absolute atomic E-state index is 0.0662. The lowest BCUT2D eigenvalue weighted by molar-refractivity contribution is -0.00139. The van der Waals surface area contributed by atoms with Crippen LogP contribution in [-0.4, -0.2) is 30.4 Å². The summed E-state index contributed by atoms with van der Waals surface area (Å²) in [5, 5.41) is 9.87. The second kappa shape index (κ2) is 7.67. The molecule has 0 saturated carbocycles. The number of hydrogen-bond donors (Lipinski definition) is 1. The van der Waals surface area contributed by atoms with Gasteiger partial charge in [0, 0.05) is 5.02 Å². The van der Waals surface area contributed by atoms with Gasteiger partial charge in [-0.1, -0.05) is 29.8 Å². The van der Waals surface area contributed by atoms with Gasteiger partial charge >= 0.3 is 5.97 Å². The van der Waals surface area contributed by atoms with Crippen molar-refractivity contribution in [2.24, 2.45) is 0 Å². The van der Waals surface area contributed by atoms with Crippen molar-refractivity contribution in [3.63, 3.8) is 0 Å². The first-order valence-corrected chi connectivity index (χ1v) is 6.82. The second-order valence-electron chi connectivity index (χ2n) is 4.34. The van der Waals surface area contributed by atoms with Crippen LogP contribution < -0.4 is 4.74 Å². The van der Waals surface area contributed by atoms with Crippen LogP contribution in [0.25, 0.3) is 0 Å². The molecular weight excluding hydrogens is 292 g/mol. The molecule has 0 saturated heterocycles. The van der Waals surface area contributed by atoms with E-state index < -0.39 is 12.1 Å². The molecule has 0 aromatic heterocycles. The molecule has 0 bridgehead atoms. The van der Waals surface area contributed by atoms with E-state index in [2.05, 4.69) is 0 Å². The van der Waals surface area contributed by atoms with Crippen LogP contribution in [0.2, 0.25) is 5.02 Å². The lowest BCUT2D eigenvalue weighted by atomic mass is 10.2. The summed E-state index contributed by atoms with van der Waals surface area (Å²) in [6, 6.07) is 15.4. The zero-order valence-electron chi connectivity index (χ0n) is 11.2. The molecule has 0 spiro atoms. The molecule has 1 N–H and O–H groups in total. The maximum absolute atomic E-state index is 11.9. The van der Waals surface area contributed by atoms with Gasteiger partial charge in [-0.3, -0.25) is 0 Å². The minimum Gasteiger partial charge on any atom is -0.490 e. The van der Waals surface area contributed by atoms with E-state index in [4.69, 9.17) is 21.1 Å². The van der Waals surface area contributed by atoms with Crippen molar-refractivity contribution in [3.8, 4) is 5.75 Å². The van der Waals surface area contributed by atoms with Gasteiger partial charge in [0.15, 0.2) is 6.10 Å². The Morgan fingerprint density at radius 1 is 1.10 bits per heavy atom. The third-order valence-electron chi connectivity index (χ3n) is 2.74. The minimum atomic E-state index is -0.728. The molecule has 2 aromatic rings. The van der Waals surface area contributed by atoms with Crippen LogP contribution in [0, 0.1) is 0 Å². The van der Waals surface area contributed by atoms with Gasteiger partial charge in [0.2, 0.25) is 0 Å². The number of esters is 1. The SMILES string of the molecule is O=C(OC(CO)COc1ccc(Cl)cc1)c1ccccc1. The molecule has 110 valence electrons. The molecule has 1 unspecified atom stereocenters. The first kappa shape index (κ1) is 15.4. The average molecular weight is 307 g/mol. The van der Waals surface area contributed by atoms with E-state index in [0.29, 0.717) is 16.3 Å². The van der Waals surface area contributed by atoms with Crippen LogP contribution in [0.5, 0.6) is 5.75 Å². The fourth-order valence-electron chi connectivity index (χ4n) is 1.64. The van der Waals surface area contributed by atoms with Gasteiger partial charge in [0.25, 0.3) is 0 Å². The van der Waals surface area contributed by atoms with Gasteiger partial charge in [-0.15, -0.1) is 0 Å². The topological polar surface area (TPSA) is 55.8 Å². The lowest BCUT2D eigenvalue weighted by Gasteiger charge is -2.16. The van der Waals surface area contributed by atoms with Gasteiger partial charge in [0.1, 0.15) is 12.4 Å². The Labute approximate surface area is 127 Å². The quantitative estimate of drug-likeness (QED) is 0.834. The molecular formula is C16H15ClO4. The third-order valence-corrected chi connectivity index (χ3v) is 2.99. The van der Waals surface area contributed by atoms with Crippen molar-refractivity contribution in [1.29, 1.82) is 0 Å². The predicted molar refractivity (Wildman–Crippen MR) is 79.7 cm³/mol. The fourth-order valence-corrected chi connectivity index (χ4v) is 1.76. The zero-order valence-corrected chi connectivity index (χ0v) is 12.0. The molecule has 0 aliphatic carbocycles. The maximum atomic E-state index is 11.9. The molecule has 0 radical (unpaired) electrons. The van der Waals surface area contributed by atoms with Gasteiger partial charge < -0.3 is 14.6 Å². The molecule has 0 heterocycles. The Morgan fingerprint density at radius 3 is 2.38 bits per heavy atom. The highest BCUT2D eigenvalue weighted by Gasteiger charge is 2.15. The van der Waals surface area contributed by atoms with Crippen molar-refractivity contribution in [3.05, 3.63) is 65.2 Å². The number of aliphatic hydroxyl groups excluding tert-OH is 1. The number of aliphatic hydroxyl groups is 1. The summed E-state index contributed by atoms with van der Waals surface area (Å²) < 4.78 is 10.6. The summed E-state index contributed by atoms with van der Waals surface area (Å²) in [5.74, 6) is 0.1000. The molecule has 2 aromatic carbocycles. The third kappa shape index (κ3) is 4.77. The lowest BCUT2D eigenvalue weighted by Crippen LogP contribution is -2.28. The largest absolute Gasteiger partial charge is 0.490 e. The summed E-state index contributed by atoms with van der Waals surface area (Å²) in [6.07, 6.45) is -0.728. The van der Waals surface area contributed by atoms with E-state index in [9.17, 15) is 9.90 Å². The average Bonchev–Trinajstić information content (AvgIpc) is 2.53. The maximum Gasteiger partial charge on any atom is 0.338 e. The number of benzene rings is 2. The molecule has 5 heteroatoms. The molecule has 0 aliphatic rings. The molecule has 4 nitrogen and oxygen atoms in total. The highest BCUT2D eigenvalue weighted by atomic mass is 35.5. The number of rotatable bonds is 6. The van der Waals surface area contributed by atoms with Crippen LogP contribution in [0.4, 0.5) is 0 Å². The number of carbonyl (C=O) groups is 1. The van der Waals surface area contributed by atoms with Crippen LogP contribution in [0.15, 0.2) is 54.6 Å². The van der Waals surface area contributed by atoms with Gasteiger partial charge in [-0.25, -0.2) is 4.79 Å². The van der Waals surface area contributed by atoms with Crippen molar-refractivity contribution in [2.75, 3.05) is 13.2 Å². The number of carbonyl (C=O) groups excluding carboxylic acids is 1. The van der Waals surface area contributed by atoms with Crippen molar-refractivity contribution in [1.82, 2.24) is 0 Å². The van der Waals surface area contributed by atoms with E-state index in [1.807, 2.05) is 6.07 Å². The Bertz CT molecular complexity index is 569. The Balaban J connectivity index is 1.88. The number of ether oxygens (including phenoxy) is 2. The second-order valence-corrected chi connectivity index (χ2v) is 4.78. The van der Waals surface area contributed by atoms with E-state index in [1.54, 1.807) is 48.5 Å². The van der Waals surface area contributed by atoms with Crippen molar-refractivity contribution >= 4 is 17.6 Å². The summed E-state index contributed by atoms with van der Waals surface area (Å²) in [7, 11) is 0. The van der Waals surface area contributed by atoms with Crippen LogP contribution in [-0.2, 0) is 4.74 Å². The smallest absolute Gasteiger partial charge is 0.338 e. The van der Waals surface area contributed by atoms with E-state index in [1.165, 1.54) is 0 Å². The van der Waals surface area contributed by atoms with E-state index in [0.717, 1.165) is 0 Å². The van der Waals surface area contributed by atoms with Crippen LogP contribution in [0.3, 0.4) is 0 Å². The first-order chi connectivity index (χ1) is 10.2. The Kier molecular flexibility index (Phi) is 5.60. The van der Waals surface area contributed by atoms with Crippen molar-refractivity contribution in [2.45, 2.75) is 6.10 Å². The number of hydrogen-bond acceptors (Lipinski definition) is 4.